The molecule has 7 heteroatoms. The van der Waals surface area contributed by atoms with Crippen molar-refractivity contribution in [1.82, 2.24) is 21.3 Å². The van der Waals surface area contributed by atoms with Crippen LogP contribution in [0.3, 0.4) is 0 Å². The second-order valence-corrected chi connectivity index (χ2v) is 10.0. The fourth-order valence-corrected chi connectivity index (χ4v) is 4.08. The number of unbranched alkanes of at least 4 members (excludes halogenated alkanes) is 14. The third-order valence-corrected chi connectivity index (χ3v) is 6.44. The molecule has 0 aliphatic heterocycles. The summed E-state index contributed by atoms with van der Waals surface area (Å²) in [5.74, 6) is 0.286. The third kappa shape index (κ3) is 26.8. The van der Waals surface area contributed by atoms with Crippen LogP contribution in [0.1, 0.15) is 142 Å². The summed E-state index contributed by atoms with van der Waals surface area (Å²) in [6.07, 6.45) is 21.3. The van der Waals surface area contributed by atoms with Crippen LogP contribution in [-0.2, 0) is 9.59 Å². The van der Waals surface area contributed by atoms with E-state index in [0.717, 1.165) is 64.5 Å². The molecule has 0 rings (SSSR count). The van der Waals surface area contributed by atoms with Crippen molar-refractivity contribution in [3.63, 3.8) is 0 Å². The number of hydrogen-bond donors (Lipinski definition) is 4. The number of carbonyl (C=O) groups excluding carboxylic acids is 3. The molecule has 0 saturated carbocycles. The van der Waals surface area contributed by atoms with E-state index in [4.69, 9.17) is 0 Å². The summed E-state index contributed by atoms with van der Waals surface area (Å²) in [5, 5.41) is 11.8. The summed E-state index contributed by atoms with van der Waals surface area (Å²) in [7, 11) is 0. The Balaban J connectivity index is 3.36. The van der Waals surface area contributed by atoms with Crippen LogP contribution in [0, 0.1) is 0 Å². The van der Waals surface area contributed by atoms with Gasteiger partial charge in [-0.3, -0.25) is 9.59 Å². The summed E-state index contributed by atoms with van der Waals surface area (Å²) in [4.78, 5) is 35.5. The number of hydrogen-bond acceptors (Lipinski definition) is 3. The highest BCUT2D eigenvalue weighted by molar-refractivity contribution is 5.76. The number of amides is 4. The molecule has 212 valence electrons. The van der Waals surface area contributed by atoms with Crippen molar-refractivity contribution >= 4 is 17.8 Å². The highest BCUT2D eigenvalue weighted by Crippen LogP contribution is 2.05. The molecule has 4 amide bonds. The van der Waals surface area contributed by atoms with Crippen LogP contribution < -0.4 is 21.3 Å². The fourth-order valence-electron chi connectivity index (χ4n) is 4.08. The Hall–Kier alpha value is -1.79. The molecule has 0 aliphatic carbocycles. The van der Waals surface area contributed by atoms with Gasteiger partial charge < -0.3 is 21.3 Å². The van der Waals surface area contributed by atoms with Crippen molar-refractivity contribution in [2.24, 2.45) is 0 Å². The number of nitrogens with one attached hydrogen (secondary N) is 4. The lowest BCUT2D eigenvalue weighted by Crippen LogP contribution is -2.36. The van der Waals surface area contributed by atoms with E-state index in [-0.39, 0.29) is 17.8 Å². The Labute approximate surface area is 222 Å². The van der Waals surface area contributed by atoms with Gasteiger partial charge in [-0.05, 0) is 38.5 Å². The van der Waals surface area contributed by atoms with Gasteiger partial charge in [0.15, 0.2) is 0 Å². The van der Waals surface area contributed by atoms with E-state index >= 15 is 0 Å². The van der Waals surface area contributed by atoms with Gasteiger partial charge >= 0.3 is 6.03 Å². The second kappa shape index (κ2) is 27.8. The van der Waals surface area contributed by atoms with E-state index in [1.807, 2.05) is 0 Å². The summed E-state index contributed by atoms with van der Waals surface area (Å²) in [5.41, 5.74) is 0. The first-order valence-electron chi connectivity index (χ1n) is 15.1. The predicted molar refractivity (Wildman–Crippen MR) is 151 cm³/mol. The Morgan fingerprint density at radius 2 is 0.694 bits per heavy atom. The Kier molecular flexibility index (Phi) is 26.4. The molecule has 0 aliphatic rings. The third-order valence-electron chi connectivity index (χ3n) is 6.44. The van der Waals surface area contributed by atoms with Gasteiger partial charge in [0.1, 0.15) is 0 Å². The van der Waals surface area contributed by atoms with Crippen molar-refractivity contribution in [3.8, 4) is 0 Å². The Morgan fingerprint density at radius 3 is 1.08 bits per heavy atom. The molecule has 0 radical (unpaired) electrons. The average molecular weight is 511 g/mol. The zero-order valence-electron chi connectivity index (χ0n) is 23.7. The molecule has 0 spiro atoms. The van der Waals surface area contributed by atoms with Crippen LogP contribution >= 0.6 is 0 Å². The van der Waals surface area contributed by atoms with Crippen molar-refractivity contribution in [2.75, 3.05) is 26.2 Å². The quantitative estimate of drug-likeness (QED) is 0.102. The van der Waals surface area contributed by atoms with Crippen LogP contribution in [0.2, 0.25) is 0 Å². The summed E-state index contributed by atoms with van der Waals surface area (Å²) in [6.45, 7) is 7.28. The predicted octanol–water partition coefficient (Wildman–Crippen LogP) is 6.36. The number of carbonyl (C=O) groups is 3. The maximum Gasteiger partial charge on any atom is 0.314 e. The van der Waals surface area contributed by atoms with Crippen LogP contribution in [0.5, 0.6) is 0 Å². The summed E-state index contributed by atoms with van der Waals surface area (Å²) < 4.78 is 0. The second-order valence-electron chi connectivity index (χ2n) is 10.0. The van der Waals surface area contributed by atoms with Gasteiger partial charge in [-0.1, -0.05) is 90.9 Å². The van der Waals surface area contributed by atoms with E-state index in [2.05, 4.69) is 35.1 Å². The molecule has 0 aromatic rings. The topological polar surface area (TPSA) is 99.3 Å². The molecule has 0 atom stereocenters. The maximum absolute atomic E-state index is 11.8. The molecule has 0 aromatic heterocycles. The van der Waals surface area contributed by atoms with Crippen molar-refractivity contribution in [3.05, 3.63) is 0 Å². The van der Waals surface area contributed by atoms with Gasteiger partial charge in [-0.25, -0.2) is 4.79 Å². The monoisotopic (exact) mass is 510 g/mol. The largest absolute Gasteiger partial charge is 0.356 e. The molecular weight excluding hydrogens is 452 g/mol. The molecule has 0 heterocycles. The van der Waals surface area contributed by atoms with E-state index < -0.39 is 0 Å². The molecule has 4 N–H and O–H groups in total. The zero-order valence-corrected chi connectivity index (χ0v) is 23.7. The Bertz CT molecular complexity index is 485. The molecule has 0 bridgehead atoms. The van der Waals surface area contributed by atoms with Crippen LogP contribution in [0.15, 0.2) is 0 Å². The van der Waals surface area contributed by atoms with Gasteiger partial charge in [0.2, 0.25) is 11.8 Å². The van der Waals surface area contributed by atoms with Gasteiger partial charge in [-0.2, -0.15) is 0 Å². The molecule has 0 fully saturated rings. The van der Waals surface area contributed by atoms with Crippen LogP contribution in [-0.4, -0.2) is 44.0 Å². The molecule has 0 aromatic carbocycles. The van der Waals surface area contributed by atoms with E-state index in [0.29, 0.717) is 25.9 Å². The molecule has 36 heavy (non-hydrogen) atoms. The van der Waals surface area contributed by atoms with Gasteiger partial charge in [0.25, 0.3) is 0 Å². The van der Waals surface area contributed by atoms with E-state index in [1.165, 1.54) is 64.2 Å². The zero-order chi connectivity index (χ0) is 26.5. The minimum absolute atomic E-state index is 0.136. The van der Waals surface area contributed by atoms with Crippen molar-refractivity contribution in [1.29, 1.82) is 0 Å². The highest BCUT2D eigenvalue weighted by atomic mass is 16.2. The minimum atomic E-state index is -0.136. The summed E-state index contributed by atoms with van der Waals surface area (Å²) in [6, 6.07) is -0.136. The number of rotatable bonds is 26. The number of urea groups is 1. The van der Waals surface area contributed by atoms with E-state index in [9.17, 15) is 14.4 Å². The van der Waals surface area contributed by atoms with Gasteiger partial charge in [0, 0.05) is 39.0 Å². The first-order valence-corrected chi connectivity index (χ1v) is 15.1. The normalized spacial score (nSPS) is 10.7. The minimum Gasteiger partial charge on any atom is -0.356 e. The van der Waals surface area contributed by atoms with Crippen molar-refractivity contribution < 1.29 is 14.4 Å². The first-order chi connectivity index (χ1) is 17.6. The van der Waals surface area contributed by atoms with Crippen LogP contribution in [0.25, 0.3) is 0 Å². The lowest BCUT2D eigenvalue weighted by Gasteiger charge is -2.08. The van der Waals surface area contributed by atoms with Gasteiger partial charge in [-0.15, -0.1) is 0 Å². The average Bonchev–Trinajstić information content (AvgIpc) is 2.87. The Morgan fingerprint density at radius 1 is 0.389 bits per heavy atom. The standard InChI is InChI=1S/C29H58N4O3/c1-3-5-7-9-11-17-23-30-27(34)21-15-13-19-25-32-29(36)33-26-20-14-16-22-28(35)31-24-18-12-10-8-6-4-2/h3-26H2,1-2H3,(H,30,34)(H,31,35)(H2,32,33,36). The van der Waals surface area contributed by atoms with Gasteiger partial charge in [0.05, 0.1) is 0 Å². The highest BCUT2D eigenvalue weighted by Gasteiger charge is 2.03. The fraction of sp³-hybridized carbons (Fsp3) is 0.897. The lowest BCUT2D eigenvalue weighted by atomic mass is 10.1. The SMILES string of the molecule is CCCCCCCCNC(=O)CCCCCNC(=O)NCCCCCC(=O)NCCCCCCCC. The lowest BCUT2D eigenvalue weighted by molar-refractivity contribution is -0.122. The van der Waals surface area contributed by atoms with Crippen LogP contribution in [0.4, 0.5) is 4.79 Å². The first kappa shape index (κ1) is 34.2. The molecular formula is C29H58N4O3. The molecule has 7 nitrogen and oxygen atoms in total. The molecule has 0 unspecified atom stereocenters. The summed E-state index contributed by atoms with van der Waals surface area (Å²) >= 11 is 0. The maximum atomic E-state index is 11.8. The molecule has 0 saturated heterocycles. The smallest absolute Gasteiger partial charge is 0.314 e. The van der Waals surface area contributed by atoms with Crippen molar-refractivity contribution in [2.45, 2.75) is 142 Å². The van der Waals surface area contributed by atoms with E-state index in [1.54, 1.807) is 0 Å².